The van der Waals surface area contributed by atoms with Crippen molar-refractivity contribution >= 4 is 5.78 Å². The molecule has 0 aliphatic heterocycles. The van der Waals surface area contributed by atoms with Crippen LogP contribution in [0.5, 0.6) is 0 Å². The largest absolute Gasteiger partial charge is 0.396 e. The van der Waals surface area contributed by atoms with E-state index in [0.717, 1.165) is 0 Å². The lowest BCUT2D eigenvalue weighted by molar-refractivity contribution is -0.118. The summed E-state index contributed by atoms with van der Waals surface area (Å²) in [6.07, 6.45) is 6.96. The minimum atomic E-state index is -0.120. The fourth-order valence-corrected chi connectivity index (χ4v) is 1.12. The third kappa shape index (κ3) is 1.77. The molecule has 2 unspecified atom stereocenters. The topological polar surface area (TPSA) is 37.3 Å². The lowest BCUT2D eigenvalue weighted by Crippen LogP contribution is -2.22. The molecule has 2 atom stereocenters. The monoisotopic (exact) mass is 152 g/mol. The van der Waals surface area contributed by atoms with Gasteiger partial charge in [-0.1, -0.05) is 25.2 Å². The van der Waals surface area contributed by atoms with E-state index >= 15 is 0 Å². The molecule has 0 radical (unpaired) electrons. The van der Waals surface area contributed by atoms with Gasteiger partial charge in [0.1, 0.15) is 0 Å². The van der Waals surface area contributed by atoms with Gasteiger partial charge in [-0.3, -0.25) is 4.79 Å². The first-order valence-corrected chi connectivity index (χ1v) is 3.75. The summed E-state index contributed by atoms with van der Waals surface area (Å²) in [6, 6.07) is 0. The van der Waals surface area contributed by atoms with E-state index in [1.165, 1.54) is 0 Å². The van der Waals surface area contributed by atoms with E-state index in [9.17, 15) is 4.79 Å². The second-order valence-electron chi connectivity index (χ2n) is 2.83. The molecule has 0 amide bonds. The molecular weight excluding hydrogens is 140 g/mol. The standard InChI is InChI=1S/C9H12O2/c1-7(6-10)8-4-2-3-5-9(8)11/h2-5,7-8,10H,6H2,1H3. The van der Waals surface area contributed by atoms with Crippen LogP contribution in [0.25, 0.3) is 0 Å². The molecule has 1 rings (SSSR count). The number of hydrogen-bond donors (Lipinski definition) is 1. The van der Waals surface area contributed by atoms with Gasteiger partial charge in [-0.2, -0.15) is 0 Å². The van der Waals surface area contributed by atoms with Crippen molar-refractivity contribution < 1.29 is 9.90 Å². The first-order chi connectivity index (χ1) is 5.25. The van der Waals surface area contributed by atoms with E-state index in [2.05, 4.69) is 0 Å². The number of aliphatic hydroxyl groups is 1. The van der Waals surface area contributed by atoms with Crippen LogP contribution in [0.15, 0.2) is 24.3 Å². The minimum Gasteiger partial charge on any atom is -0.396 e. The smallest absolute Gasteiger partial charge is 0.162 e. The van der Waals surface area contributed by atoms with Gasteiger partial charge in [0, 0.05) is 12.5 Å². The Morgan fingerprint density at radius 3 is 2.91 bits per heavy atom. The number of carbonyl (C=O) groups excluding carboxylic acids is 1. The summed E-state index contributed by atoms with van der Waals surface area (Å²) in [5.41, 5.74) is 0. The van der Waals surface area contributed by atoms with Crippen molar-refractivity contribution in [3.63, 3.8) is 0 Å². The number of allylic oxidation sites excluding steroid dienone is 4. The molecule has 1 aliphatic carbocycles. The van der Waals surface area contributed by atoms with Crippen LogP contribution in [0.4, 0.5) is 0 Å². The normalized spacial score (nSPS) is 25.6. The van der Waals surface area contributed by atoms with E-state index in [0.29, 0.717) is 0 Å². The maximum absolute atomic E-state index is 11.1. The molecule has 0 saturated carbocycles. The van der Waals surface area contributed by atoms with E-state index in [4.69, 9.17) is 5.11 Å². The Hall–Kier alpha value is -0.890. The lowest BCUT2D eigenvalue weighted by atomic mass is 9.88. The average molecular weight is 152 g/mol. The second-order valence-corrected chi connectivity index (χ2v) is 2.83. The minimum absolute atomic E-state index is 0.0312. The Bertz CT molecular complexity index is 204. The predicted molar refractivity (Wildman–Crippen MR) is 43.0 cm³/mol. The van der Waals surface area contributed by atoms with Crippen molar-refractivity contribution in [2.45, 2.75) is 6.92 Å². The summed E-state index contributed by atoms with van der Waals surface area (Å²) in [5.74, 6) is 0.00255. The van der Waals surface area contributed by atoms with Gasteiger partial charge in [0.25, 0.3) is 0 Å². The second kappa shape index (κ2) is 3.49. The van der Waals surface area contributed by atoms with Crippen LogP contribution in [0, 0.1) is 11.8 Å². The van der Waals surface area contributed by atoms with Crippen molar-refractivity contribution in [1.29, 1.82) is 0 Å². The molecule has 0 spiro atoms. The van der Waals surface area contributed by atoms with Crippen LogP contribution in [-0.4, -0.2) is 17.5 Å². The zero-order valence-corrected chi connectivity index (χ0v) is 6.53. The Balaban J connectivity index is 2.65. The Morgan fingerprint density at radius 1 is 1.64 bits per heavy atom. The lowest BCUT2D eigenvalue weighted by Gasteiger charge is -2.17. The summed E-state index contributed by atoms with van der Waals surface area (Å²) < 4.78 is 0. The Kier molecular flexibility index (Phi) is 2.60. The zero-order chi connectivity index (χ0) is 8.27. The summed E-state index contributed by atoms with van der Waals surface area (Å²) in [5, 5.41) is 8.79. The van der Waals surface area contributed by atoms with Gasteiger partial charge in [0.15, 0.2) is 5.78 Å². The van der Waals surface area contributed by atoms with Crippen LogP contribution in [-0.2, 0) is 4.79 Å². The quantitative estimate of drug-likeness (QED) is 0.639. The molecule has 11 heavy (non-hydrogen) atoms. The molecule has 0 heterocycles. The number of carbonyl (C=O) groups is 1. The van der Waals surface area contributed by atoms with Crippen molar-refractivity contribution in [2.75, 3.05) is 6.61 Å². The Labute approximate surface area is 66.2 Å². The summed E-state index contributed by atoms with van der Waals surface area (Å²) in [7, 11) is 0. The van der Waals surface area contributed by atoms with Crippen LogP contribution in [0.1, 0.15) is 6.92 Å². The first kappa shape index (κ1) is 8.21. The highest BCUT2D eigenvalue weighted by molar-refractivity contribution is 5.94. The van der Waals surface area contributed by atoms with Crippen molar-refractivity contribution in [1.82, 2.24) is 0 Å². The fourth-order valence-electron chi connectivity index (χ4n) is 1.12. The molecule has 0 saturated heterocycles. The van der Waals surface area contributed by atoms with Gasteiger partial charge in [0.05, 0.1) is 0 Å². The highest BCUT2D eigenvalue weighted by Gasteiger charge is 2.20. The van der Waals surface area contributed by atoms with Gasteiger partial charge in [0.2, 0.25) is 0 Å². The van der Waals surface area contributed by atoms with Crippen molar-refractivity contribution in [2.24, 2.45) is 11.8 Å². The van der Waals surface area contributed by atoms with Gasteiger partial charge >= 0.3 is 0 Å². The Morgan fingerprint density at radius 2 is 2.36 bits per heavy atom. The van der Waals surface area contributed by atoms with Crippen LogP contribution >= 0.6 is 0 Å². The van der Waals surface area contributed by atoms with Gasteiger partial charge in [-0.25, -0.2) is 0 Å². The number of aliphatic hydroxyl groups excluding tert-OH is 1. The molecule has 60 valence electrons. The highest BCUT2D eigenvalue weighted by Crippen LogP contribution is 2.17. The number of ketones is 1. The molecule has 0 fully saturated rings. The van der Waals surface area contributed by atoms with Gasteiger partial charge in [-0.05, 0) is 12.0 Å². The fraction of sp³-hybridized carbons (Fsp3) is 0.444. The molecular formula is C9H12O2. The van der Waals surface area contributed by atoms with E-state index in [1.54, 1.807) is 12.2 Å². The molecule has 0 aromatic carbocycles. The molecule has 1 N–H and O–H groups in total. The maximum atomic E-state index is 11.1. The van der Waals surface area contributed by atoms with Gasteiger partial charge in [-0.15, -0.1) is 0 Å². The van der Waals surface area contributed by atoms with E-state index < -0.39 is 0 Å². The summed E-state index contributed by atoms with van der Waals surface area (Å²) in [6.45, 7) is 1.93. The third-order valence-electron chi connectivity index (χ3n) is 1.92. The molecule has 1 aliphatic rings. The van der Waals surface area contributed by atoms with Crippen molar-refractivity contribution in [3.8, 4) is 0 Å². The predicted octanol–water partition coefficient (Wildman–Crippen LogP) is 0.926. The van der Waals surface area contributed by atoms with Crippen LogP contribution in [0.2, 0.25) is 0 Å². The molecule has 0 bridgehead atoms. The number of rotatable bonds is 2. The van der Waals surface area contributed by atoms with E-state index in [1.807, 2.05) is 19.1 Å². The highest BCUT2D eigenvalue weighted by atomic mass is 16.3. The van der Waals surface area contributed by atoms with Crippen LogP contribution in [0.3, 0.4) is 0 Å². The third-order valence-corrected chi connectivity index (χ3v) is 1.92. The molecule has 0 aromatic rings. The zero-order valence-electron chi connectivity index (χ0n) is 6.53. The van der Waals surface area contributed by atoms with E-state index in [-0.39, 0.29) is 24.2 Å². The summed E-state index contributed by atoms with van der Waals surface area (Å²) in [4.78, 5) is 11.1. The first-order valence-electron chi connectivity index (χ1n) is 3.75. The molecule has 0 aromatic heterocycles. The van der Waals surface area contributed by atoms with Crippen molar-refractivity contribution in [3.05, 3.63) is 24.3 Å². The molecule has 2 heteroatoms. The molecule has 2 nitrogen and oxygen atoms in total. The average Bonchev–Trinajstić information content (AvgIpc) is 2.04. The summed E-state index contributed by atoms with van der Waals surface area (Å²) >= 11 is 0. The SMILES string of the molecule is CC(CO)C1C=CC=CC1=O. The number of hydrogen-bond acceptors (Lipinski definition) is 2. The maximum Gasteiger partial charge on any atom is 0.162 e. The van der Waals surface area contributed by atoms with Gasteiger partial charge < -0.3 is 5.11 Å². The van der Waals surface area contributed by atoms with Crippen LogP contribution < -0.4 is 0 Å².